The highest BCUT2D eigenvalue weighted by Crippen LogP contribution is 2.33. The number of halogens is 1. The maximum absolute atomic E-state index is 12.3. The summed E-state index contributed by atoms with van der Waals surface area (Å²) in [4.78, 5) is 25.4. The molecular formula is C18H28ClN3O2. The van der Waals surface area contributed by atoms with Gasteiger partial charge in [-0.1, -0.05) is 45.0 Å². The second-order valence-corrected chi connectivity index (χ2v) is 7.10. The Morgan fingerprint density at radius 1 is 1.25 bits per heavy atom. The number of likely N-dealkylation sites (tertiary alicyclic amines) is 1. The van der Waals surface area contributed by atoms with E-state index in [1.807, 2.05) is 4.90 Å². The van der Waals surface area contributed by atoms with Crippen molar-refractivity contribution in [3.8, 4) is 0 Å². The second kappa shape index (κ2) is 8.49. The first-order valence-electron chi connectivity index (χ1n) is 8.19. The Bertz CT molecular complexity index is 567. The molecule has 0 radical (unpaired) electrons. The third-order valence-corrected chi connectivity index (χ3v) is 4.36. The van der Waals surface area contributed by atoms with Gasteiger partial charge in [-0.25, -0.2) is 0 Å². The van der Waals surface area contributed by atoms with Gasteiger partial charge in [-0.15, -0.1) is 12.4 Å². The average Bonchev–Trinajstić information content (AvgIpc) is 3.01. The van der Waals surface area contributed by atoms with Gasteiger partial charge in [0.15, 0.2) is 0 Å². The zero-order valence-electron chi connectivity index (χ0n) is 14.7. The summed E-state index contributed by atoms with van der Waals surface area (Å²) in [5, 5.41) is 2.55. The first kappa shape index (κ1) is 20.5. The molecule has 0 bridgehead atoms. The van der Waals surface area contributed by atoms with Crippen LogP contribution in [0.15, 0.2) is 24.3 Å². The van der Waals surface area contributed by atoms with E-state index < -0.39 is 0 Å². The van der Waals surface area contributed by atoms with Crippen molar-refractivity contribution in [1.82, 2.24) is 10.2 Å². The molecule has 0 saturated carbocycles. The fourth-order valence-corrected chi connectivity index (χ4v) is 2.96. The first-order valence-corrected chi connectivity index (χ1v) is 8.19. The lowest BCUT2D eigenvalue weighted by atomic mass is 9.86. The summed E-state index contributed by atoms with van der Waals surface area (Å²) in [5.41, 5.74) is 7.81. The third-order valence-electron chi connectivity index (χ3n) is 4.36. The number of hydrogen-bond donors (Lipinski definition) is 2. The first-order chi connectivity index (χ1) is 10.8. The molecule has 1 aliphatic rings. The van der Waals surface area contributed by atoms with Crippen molar-refractivity contribution < 1.29 is 9.59 Å². The van der Waals surface area contributed by atoms with Crippen LogP contribution in [0.5, 0.6) is 0 Å². The number of amides is 2. The molecule has 6 heteroatoms. The molecule has 1 fully saturated rings. The fraction of sp³-hybridized carbons (Fsp3) is 0.556. The van der Waals surface area contributed by atoms with E-state index in [9.17, 15) is 9.59 Å². The maximum Gasteiger partial charge on any atom is 0.242 e. The van der Waals surface area contributed by atoms with Crippen molar-refractivity contribution in [2.75, 3.05) is 19.6 Å². The Balaban J connectivity index is 0.00000288. The molecule has 1 aromatic carbocycles. The van der Waals surface area contributed by atoms with Crippen LogP contribution in [-0.4, -0.2) is 36.3 Å². The van der Waals surface area contributed by atoms with Gasteiger partial charge in [-0.2, -0.15) is 0 Å². The minimum Gasteiger partial charge on any atom is -0.346 e. The topological polar surface area (TPSA) is 75.4 Å². The minimum absolute atomic E-state index is 0. The summed E-state index contributed by atoms with van der Waals surface area (Å²) in [6.45, 7) is 7.23. The highest BCUT2D eigenvalue weighted by molar-refractivity contribution is 5.86. The molecule has 1 atom stereocenters. The van der Waals surface area contributed by atoms with Crippen molar-refractivity contribution >= 4 is 24.2 Å². The van der Waals surface area contributed by atoms with Crippen LogP contribution in [0.1, 0.15) is 50.8 Å². The van der Waals surface area contributed by atoms with Crippen molar-refractivity contribution in [1.29, 1.82) is 0 Å². The van der Waals surface area contributed by atoms with Gasteiger partial charge in [0.05, 0.1) is 19.1 Å². The molecule has 0 spiro atoms. The summed E-state index contributed by atoms with van der Waals surface area (Å²) >= 11 is 0. The number of nitrogens with zero attached hydrogens (tertiary/aromatic N) is 1. The molecule has 1 aliphatic heterocycles. The Kier molecular flexibility index (Phi) is 7.24. The number of rotatable bonds is 4. The zero-order chi connectivity index (χ0) is 17.0. The van der Waals surface area contributed by atoms with Crippen LogP contribution in [-0.2, 0) is 15.0 Å². The Morgan fingerprint density at radius 3 is 2.42 bits per heavy atom. The summed E-state index contributed by atoms with van der Waals surface area (Å²) in [7, 11) is 0. The van der Waals surface area contributed by atoms with Crippen LogP contribution in [0.2, 0.25) is 0 Å². The molecule has 134 valence electrons. The number of carbonyl (C=O) groups is 2. The summed E-state index contributed by atoms with van der Waals surface area (Å²) in [6.07, 6.45) is 1.95. The summed E-state index contributed by atoms with van der Waals surface area (Å²) in [6, 6.07) is 8.63. The standard InChI is InChI=1S/C18H27N3O2.ClH/c1-18(2,3)14-8-6-13(7-9-14)15-5-4-10-21(15)17(23)12-20-16(22)11-19;/h6-9,15H,4-5,10-12,19H2,1-3H3,(H,20,22);1H. The molecule has 2 amide bonds. The van der Waals surface area contributed by atoms with Crippen LogP contribution in [0.25, 0.3) is 0 Å². The lowest BCUT2D eigenvalue weighted by Crippen LogP contribution is -2.41. The van der Waals surface area contributed by atoms with Crippen molar-refractivity contribution in [2.24, 2.45) is 5.73 Å². The van der Waals surface area contributed by atoms with Crippen LogP contribution >= 0.6 is 12.4 Å². The zero-order valence-corrected chi connectivity index (χ0v) is 15.5. The second-order valence-electron chi connectivity index (χ2n) is 7.10. The van der Waals surface area contributed by atoms with Crippen molar-refractivity contribution in [2.45, 2.75) is 45.1 Å². The summed E-state index contributed by atoms with van der Waals surface area (Å²) in [5.74, 6) is -0.349. The molecular weight excluding hydrogens is 326 g/mol. The van der Waals surface area contributed by atoms with Gasteiger partial charge in [0.1, 0.15) is 0 Å². The Morgan fingerprint density at radius 2 is 1.88 bits per heavy atom. The van der Waals surface area contributed by atoms with Crippen LogP contribution in [0, 0.1) is 0 Å². The van der Waals surface area contributed by atoms with Gasteiger partial charge >= 0.3 is 0 Å². The molecule has 1 saturated heterocycles. The van der Waals surface area contributed by atoms with E-state index in [-0.39, 0.29) is 48.8 Å². The number of nitrogens with one attached hydrogen (secondary N) is 1. The van der Waals surface area contributed by atoms with Crippen LogP contribution < -0.4 is 11.1 Å². The number of carbonyl (C=O) groups excluding carboxylic acids is 2. The highest BCUT2D eigenvalue weighted by atomic mass is 35.5. The van der Waals surface area contributed by atoms with Gasteiger partial charge in [-0.05, 0) is 29.4 Å². The third kappa shape index (κ3) is 4.95. The lowest BCUT2D eigenvalue weighted by Gasteiger charge is -2.26. The van der Waals surface area contributed by atoms with E-state index in [2.05, 4.69) is 50.4 Å². The normalized spacial score (nSPS) is 17.3. The van der Waals surface area contributed by atoms with E-state index >= 15 is 0 Å². The van der Waals surface area contributed by atoms with E-state index in [0.29, 0.717) is 0 Å². The Hall–Kier alpha value is -1.59. The van der Waals surface area contributed by atoms with E-state index in [1.54, 1.807) is 0 Å². The monoisotopic (exact) mass is 353 g/mol. The van der Waals surface area contributed by atoms with E-state index in [0.717, 1.165) is 24.9 Å². The number of benzene rings is 1. The highest BCUT2D eigenvalue weighted by Gasteiger charge is 2.30. The fourth-order valence-electron chi connectivity index (χ4n) is 2.96. The van der Waals surface area contributed by atoms with Crippen molar-refractivity contribution in [3.63, 3.8) is 0 Å². The van der Waals surface area contributed by atoms with Crippen LogP contribution in [0.3, 0.4) is 0 Å². The quantitative estimate of drug-likeness (QED) is 0.870. The average molecular weight is 354 g/mol. The van der Waals surface area contributed by atoms with Crippen molar-refractivity contribution in [3.05, 3.63) is 35.4 Å². The maximum atomic E-state index is 12.3. The molecule has 5 nitrogen and oxygen atoms in total. The molecule has 3 N–H and O–H groups in total. The van der Waals surface area contributed by atoms with Gasteiger partial charge in [0, 0.05) is 6.54 Å². The molecule has 0 aromatic heterocycles. The minimum atomic E-state index is -0.302. The smallest absolute Gasteiger partial charge is 0.242 e. The predicted octanol–water partition coefficient (Wildman–Crippen LogP) is 2.14. The SMILES string of the molecule is CC(C)(C)c1ccc(C2CCCN2C(=O)CNC(=O)CN)cc1.Cl. The molecule has 1 unspecified atom stereocenters. The van der Waals surface area contributed by atoms with Gasteiger partial charge in [-0.3, -0.25) is 9.59 Å². The molecule has 1 aromatic rings. The Labute approximate surface area is 150 Å². The van der Waals surface area contributed by atoms with Crippen LogP contribution in [0.4, 0.5) is 0 Å². The molecule has 24 heavy (non-hydrogen) atoms. The molecule has 0 aliphatic carbocycles. The molecule has 2 rings (SSSR count). The lowest BCUT2D eigenvalue weighted by molar-refractivity contribution is -0.133. The number of nitrogens with two attached hydrogens (primary N) is 1. The number of hydrogen-bond acceptors (Lipinski definition) is 3. The predicted molar refractivity (Wildman–Crippen MR) is 98.1 cm³/mol. The van der Waals surface area contributed by atoms with E-state index in [4.69, 9.17) is 5.73 Å². The van der Waals surface area contributed by atoms with Gasteiger partial charge < -0.3 is 16.0 Å². The van der Waals surface area contributed by atoms with Gasteiger partial charge in [0.2, 0.25) is 11.8 Å². The van der Waals surface area contributed by atoms with E-state index in [1.165, 1.54) is 5.56 Å². The summed E-state index contributed by atoms with van der Waals surface area (Å²) < 4.78 is 0. The van der Waals surface area contributed by atoms with Gasteiger partial charge in [0.25, 0.3) is 0 Å². The largest absolute Gasteiger partial charge is 0.346 e. The molecule has 1 heterocycles.